The first-order valence-corrected chi connectivity index (χ1v) is 3.28. The Morgan fingerprint density at radius 3 is 3.18 bits per heavy atom. The van der Waals surface area contributed by atoms with Gasteiger partial charge in [0.05, 0.1) is 19.1 Å². The summed E-state index contributed by atoms with van der Waals surface area (Å²) < 4.78 is 6.64. The van der Waals surface area contributed by atoms with E-state index >= 15 is 0 Å². The highest BCUT2D eigenvalue weighted by atomic mass is 16.3. The molecular formula is C7H7N3O. The van der Waals surface area contributed by atoms with E-state index in [-0.39, 0.29) is 0 Å². The van der Waals surface area contributed by atoms with Crippen LogP contribution in [0.2, 0.25) is 0 Å². The van der Waals surface area contributed by atoms with Gasteiger partial charge in [-0.2, -0.15) is 5.10 Å². The van der Waals surface area contributed by atoms with Crippen LogP contribution in [0.3, 0.4) is 0 Å². The summed E-state index contributed by atoms with van der Waals surface area (Å²) in [4.78, 5) is 3.82. The zero-order valence-electron chi connectivity index (χ0n) is 5.84. The van der Waals surface area contributed by atoms with E-state index in [1.165, 1.54) is 6.33 Å². The number of nitrogens with zero attached hydrogens (tertiary/aromatic N) is 3. The van der Waals surface area contributed by atoms with Crippen LogP contribution in [0, 0.1) is 0 Å². The molecule has 11 heavy (non-hydrogen) atoms. The second-order valence-electron chi connectivity index (χ2n) is 2.22. The maximum atomic E-state index is 4.90. The minimum atomic E-state index is 0.719. The lowest BCUT2D eigenvalue weighted by Gasteiger charge is -1.93. The van der Waals surface area contributed by atoms with Crippen molar-refractivity contribution >= 4 is 0 Å². The highest BCUT2D eigenvalue weighted by molar-refractivity contribution is 5.04. The van der Waals surface area contributed by atoms with Gasteiger partial charge in [-0.25, -0.2) is 9.67 Å². The van der Waals surface area contributed by atoms with Crippen LogP contribution in [-0.4, -0.2) is 14.8 Å². The summed E-state index contributed by atoms with van der Waals surface area (Å²) in [5.74, 6) is 0. The van der Waals surface area contributed by atoms with E-state index < -0.39 is 0 Å². The van der Waals surface area contributed by atoms with Gasteiger partial charge in [-0.05, 0) is 6.07 Å². The van der Waals surface area contributed by atoms with Crippen molar-refractivity contribution in [3.63, 3.8) is 0 Å². The van der Waals surface area contributed by atoms with Crippen LogP contribution in [0.25, 0.3) is 0 Å². The van der Waals surface area contributed by atoms with Crippen LogP contribution < -0.4 is 0 Å². The average Bonchev–Trinajstić information content (AvgIpc) is 2.60. The molecule has 0 saturated carbocycles. The summed E-state index contributed by atoms with van der Waals surface area (Å²) in [5.41, 5.74) is 1.09. The lowest BCUT2D eigenvalue weighted by atomic mass is 10.3. The average molecular weight is 149 g/mol. The Morgan fingerprint density at radius 2 is 2.55 bits per heavy atom. The van der Waals surface area contributed by atoms with Crippen LogP contribution in [0.15, 0.2) is 35.7 Å². The van der Waals surface area contributed by atoms with Gasteiger partial charge >= 0.3 is 0 Å². The molecule has 0 unspecified atom stereocenters. The molecule has 0 bridgehead atoms. The molecule has 0 aliphatic heterocycles. The van der Waals surface area contributed by atoms with E-state index in [1.54, 1.807) is 23.5 Å². The molecule has 0 atom stereocenters. The van der Waals surface area contributed by atoms with Gasteiger partial charge in [-0.15, -0.1) is 0 Å². The summed E-state index contributed by atoms with van der Waals surface area (Å²) in [5, 5.41) is 3.96. The SMILES string of the molecule is c1ncn(Cc2ccoc2)n1. The molecule has 2 rings (SSSR count). The molecule has 2 aromatic heterocycles. The third-order valence-corrected chi connectivity index (χ3v) is 1.39. The van der Waals surface area contributed by atoms with E-state index in [2.05, 4.69) is 10.1 Å². The summed E-state index contributed by atoms with van der Waals surface area (Å²) in [6, 6.07) is 1.90. The normalized spacial score (nSPS) is 10.2. The molecule has 0 fully saturated rings. The van der Waals surface area contributed by atoms with Crippen molar-refractivity contribution < 1.29 is 4.42 Å². The zero-order chi connectivity index (χ0) is 7.52. The first-order valence-electron chi connectivity index (χ1n) is 3.28. The van der Waals surface area contributed by atoms with Crippen LogP contribution in [0.5, 0.6) is 0 Å². The summed E-state index contributed by atoms with van der Waals surface area (Å²) in [6.45, 7) is 0.719. The molecule has 2 aromatic rings. The van der Waals surface area contributed by atoms with Crippen LogP contribution in [-0.2, 0) is 6.54 Å². The van der Waals surface area contributed by atoms with Gasteiger partial charge in [0.1, 0.15) is 12.7 Å². The molecule has 0 spiro atoms. The number of aromatic nitrogens is 3. The molecule has 0 saturated heterocycles. The molecular weight excluding hydrogens is 142 g/mol. The second-order valence-corrected chi connectivity index (χ2v) is 2.22. The van der Waals surface area contributed by atoms with Crippen LogP contribution >= 0.6 is 0 Å². The van der Waals surface area contributed by atoms with E-state index in [9.17, 15) is 0 Å². The van der Waals surface area contributed by atoms with E-state index in [4.69, 9.17) is 4.42 Å². The number of rotatable bonds is 2. The Kier molecular flexibility index (Phi) is 1.44. The van der Waals surface area contributed by atoms with Crippen molar-refractivity contribution in [2.45, 2.75) is 6.54 Å². The van der Waals surface area contributed by atoms with Crippen LogP contribution in [0.1, 0.15) is 5.56 Å². The largest absolute Gasteiger partial charge is 0.472 e. The zero-order valence-corrected chi connectivity index (χ0v) is 5.84. The quantitative estimate of drug-likeness (QED) is 0.637. The van der Waals surface area contributed by atoms with Crippen molar-refractivity contribution in [2.24, 2.45) is 0 Å². The van der Waals surface area contributed by atoms with Crippen LogP contribution in [0.4, 0.5) is 0 Å². The smallest absolute Gasteiger partial charge is 0.137 e. The minimum Gasteiger partial charge on any atom is -0.472 e. The van der Waals surface area contributed by atoms with E-state index in [0.717, 1.165) is 12.1 Å². The Labute approximate surface area is 63.5 Å². The molecule has 0 aliphatic rings. The fraction of sp³-hybridized carbons (Fsp3) is 0.143. The lowest BCUT2D eigenvalue weighted by Crippen LogP contribution is -1.97. The Balaban J connectivity index is 2.14. The third kappa shape index (κ3) is 1.29. The molecule has 0 aliphatic carbocycles. The molecule has 4 nitrogen and oxygen atoms in total. The Bertz CT molecular complexity index is 266. The van der Waals surface area contributed by atoms with Gasteiger partial charge < -0.3 is 4.42 Å². The predicted molar refractivity (Wildman–Crippen MR) is 37.8 cm³/mol. The summed E-state index contributed by atoms with van der Waals surface area (Å²) >= 11 is 0. The number of furan rings is 1. The molecule has 0 amide bonds. The monoisotopic (exact) mass is 149 g/mol. The Morgan fingerprint density at radius 1 is 1.55 bits per heavy atom. The van der Waals surface area contributed by atoms with Crippen molar-refractivity contribution in [3.05, 3.63) is 36.8 Å². The maximum Gasteiger partial charge on any atom is 0.137 e. The topological polar surface area (TPSA) is 43.9 Å². The van der Waals surface area contributed by atoms with Gasteiger partial charge in [-0.1, -0.05) is 0 Å². The minimum absolute atomic E-state index is 0.719. The van der Waals surface area contributed by atoms with Crippen molar-refractivity contribution in [2.75, 3.05) is 0 Å². The van der Waals surface area contributed by atoms with Gasteiger partial charge in [0.15, 0.2) is 0 Å². The van der Waals surface area contributed by atoms with Gasteiger partial charge in [0.25, 0.3) is 0 Å². The fourth-order valence-corrected chi connectivity index (χ4v) is 0.884. The summed E-state index contributed by atoms with van der Waals surface area (Å²) in [6.07, 6.45) is 6.53. The highest BCUT2D eigenvalue weighted by Crippen LogP contribution is 2.00. The molecule has 0 radical (unpaired) electrons. The molecule has 56 valence electrons. The number of hydrogen-bond donors (Lipinski definition) is 0. The third-order valence-electron chi connectivity index (χ3n) is 1.39. The first kappa shape index (κ1) is 6.15. The maximum absolute atomic E-state index is 4.90. The fourth-order valence-electron chi connectivity index (χ4n) is 0.884. The van der Waals surface area contributed by atoms with Gasteiger partial charge in [0, 0.05) is 5.56 Å². The highest BCUT2D eigenvalue weighted by Gasteiger charge is 1.94. The van der Waals surface area contributed by atoms with Crippen molar-refractivity contribution in [1.82, 2.24) is 14.8 Å². The summed E-state index contributed by atoms with van der Waals surface area (Å²) in [7, 11) is 0. The van der Waals surface area contributed by atoms with E-state index in [0.29, 0.717) is 0 Å². The predicted octanol–water partition coefficient (Wildman–Crippen LogP) is 0.919. The number of hydrogen-bond acceptors (Lipinski definition) is 3. The van der Waals surface area contributed by atoms with Gasteiger partial charge in [0.2, 0.25) is 0 Å². The van der Waals surface area contributed by atoms with E-state index in [1.807, 2.05) is 6.07 Å². The molecule has 2 heterocycles. The second kappa shape index (κ2) is 2.57. The van der Waals surface area contributed by atoms with Crippen molar-refractivity contribution in [3.8, 4) is 0 Å². The lowest BCUT2D eigenvalue weighted by molar-refractivity contribution is 0.559. The van der Waals surface area contributed by atoms with Gasteiger partial charge in [-0.3, -0.25) is 0 Å². The van der Waals surface area contributed by atoms with Crippen molar-refractivity contribution in [1.29, 1.82) is 0 Å². The Hall–Kier alpha value is -1.58. The standard InChI is InChI=1S/C7H7N3O/c1-2-11-4-7(1)3-10-6-8-5-9-10/h1-2,4-6H,3H2. The molecule has 0 aromatic carbocycles. The first-order chi connectivity index (χ1) is 5.45. The molecule has 4 heteroatoms. The molecule has 0 N–H and O–H groups in total.